The minimum atomic E-state index is -1.47. The molecule has 0 aromatic heterocycles. The predicted octanol–water partition coefficient (Wildman–Crippen LogP) is 2.47. The van der Waals surface area contributed by atoms with Crippen LogP contribution in [0.15, 0.2) is 48.5 Å². The number of likely N-dealkylation sites (N-methyl/N-ethyl adjacent to an activating group) is 1. The number of methoxy groups -OCH3 is 1. The summed E-state index contributed by atoms with van der Waals surface area (Å²) in [5.74, 6) is -1.86. The third kappa shape index (κ3) is 4.69. The minimum Gasteiger partial charge on any atom is -0.480 e. The van der Waals surface area contributed by atoms with E-state index in [-0.39, 0.29) is 19.1 Å². The predicted molar refractivity (Wildman–Crippen MR) is 114 cm³/mol. The Bertz CT molecular complexity index is 946. The highest BCUT2D eigenvalue weighted by molar-refractivity contribution is 5.91. The molecule has 1 atom stereocenters. The molecule has 2 N–H and O–H groups in total. The summed E-state index contributed by atoms with van der Waals surface area (Å²) in [6.45, 7) is 0.936. The van der Waals surface area contributed by atoms with Crippen molar-refractivity contribution in [3.8, 4) is 11.1 Å². The maximum Gasteiger partial charge on any atom is 0.408 e. The molecule has 2 aromatic carbocycles. The number of carbonyl (C=O) groups excluding carboxylic acids is 2. The number of nitrogens with zero attached hydrogens (tertiary/aromatic N) is 1. The van der Waals surface area contributed by atoms with Gasteiger partial charge in [0.25, 0.3) is 5.91 Å². The zero-order valence-corrected chi connectivity index (χ0v) is 17.8. The van der Waals surface area contributed by atoms with E-state index >= 15 is 0 Å². The number of nitrogens with one attached hydrogen (secondary N) is 1. The number of hydrogen-bond donors (Lipinski definition) is 2. The van der Waals surface area contributed by atoms with Crippen LogP contribution in [0.3, 0.4) is 0 Å². The van der Waals surface area contributed by atoms with Crippen LogP contribution < -0.4 is 5.32 Å². The molecular weight excluding hydrogens is 400 g/mol. The Hall–Kier alpha value is -3.39. The van der Waals surface area contributed by atoms with Gasteiger partial charge in [-0.3, -0.25) is 9.59 Å². The standard InChI is InChI=1S/C23H26N2O6/c1-23(14-30-3,21(28)25(2)12-20(26)27)24-22(29)31-13-19-17-10-6-4-8-15(17)16-9-5-7-11-18(16)19/h4-11,19H,12-14H2,1-3H3,(H,24,29)(H,26,27). The molecule has 0 bridgehead atoms. The average molecular weight is 426 g/mol. The number of fused-ring (bicyclic) bond motifs is 3. The molecule has 0 saturated carbocycles. The first-order valence-corrected chi connectivity index (χ1v) is 9.86. The van der Waals surface area contributed by atoms with E-state index in [9.17, 15) is 14.4 Å². The molecule has 31 heavy (non-hydrogen) atoms. The second kappa shape index (κ2) is 9.18. The van der Waals surface area contributed by atoms with Gasteiger partial charge in [0.2, 0.25) is 0 Å². The number of carbonyl (C=O) groups is 3. The van der Waals surface area contributed by atoms with Crippen molar-refractivity contribution >= 4 is 18.0 Å². The fraction of sp³-hybridized carbons (Fsp3) is 0.348. The van der Waals surface area contributed by atoms with Crippen molar-refractivity contribution < 1.29 is 29.0 Å². The van der Waals surface area contributed by atoms with Crippen molar-refractivity contribution in [1.29, 1.82) is 0 Å². The van der Waals surface area contributed by atoms with Crippen LogP contribution in [-0.4, -0.2) is 67.4 Å². The molecule has 1 aliphatic rings. The SMILES string of the molecule is COCC(C)(NC(=O)OCC1c2ccccc2-c2ccccc21)C(=O)N(C)CC(=O)O. The largest absolute Gasteiger partial charge is 0.480 e. The molecule has 0 heterocycles. The number of hydrogen-bond acceptors (Lipinski definition) is 5. The second-order valence-electron chi connectivity index (χ2n) is 7.77. The Balaban J connectivity index is 1.71. The van der Waals surface area contributed by atoms with E-state index in [2.05, 4.69) is 5.32 Å². The second-order valence-corrected chi connectivity index (χ2v) is 7.77. The summed E-state index contributed by atoms with van der Waals surface area (Å²) in [7, 11) is 2.74. The van der Waals surface area contributed by atoms with Crippen molar-refractivity contribution in [3.63, 3.8) is 0 Å². The molecule has 1 aliphatic carbocycles. The highest BCUT2D eigenvalue weighted by Crippen LogP contribution is 2.44. The normalized spacial score (nSPS) is 14.2. The Morgan fingerprint density at radius 1 is 1.06 bits per heavy atom. The van der Waals surface area contributed by atoms with E-state index in [0.717, 1.165) is 27.2 Å². The summed E-state index contributed by atoms with van der Waals surface area (Å²) < 4.78 is 10.6. The van der Waals surface area contributed by atoms with Crippen molar-refractivity contribution in [1.82, 2.24) is 10.2 Å². The zero-order chi connectivity index (χ0) is 22.6. The van der Waals surface area contributed by atoms with Crippen molar-refractivity contribution in [3.05, 3.63) is 59.7 Å². The molecule has 0 radical (unpaired) electrons. The lowest BCUT2D eigenvalue weighted by Crippen LogP contribution is -2.60. The van der Waals surface area contributed by atoms with Crippen LogP contribution in [0.4, 0.5) is 4.79 Å². The molecule has 1 unspecified atom stereocenters. The summed E-state index contributed by atoms with van der Waals surface area (Å²) in [5.41, 5.74) is 2.91. The maximum atomic E-state index is 12.7. The van der Waals surface area contributed by atoms with Crippen LogP contribution in [0.5, 0.6) is 0 Å². The number of ether oxygens (including phenoxy) is 2. The summed E-state index contributed by atoms with van der Waals surface area (Å²) in [4.78, 5) is 37.3. The van der Waals surface area contributed by atoms with Gasteiger partial charge in [-0.05, 0) is 29.2 Å². The zero-order valence-electron chi connectivity index (χ0n) is 17.8. The van der Waals surface area contributed by atoms with Crippen LogP contribution in [0.1, 0.15) is 24.0 Å². The Morgan fingerprint density at radius 3 is 2.13 bits per heavy atom. The third-order valence-electron chi connectivity index (χ3n) is 5.35. The van der Waals surface area contributed by atoms with Crippen LogP contribution >= 0.6 is 0 Å². The van der Waals surface area contributed by atoms with Crippen molar-refractivity contribution in [2.45, 2.75) is 18.4 Å². The number of carboxylic acid groups (broad SMARTS) is 1. The lowest BCUT2D eigenvalue weighted by molar-refractivity contribution is -0.147. The quantitative estimate of drug-likeness (QED) is 0.672. The van der Waals surface area contributed by atoms with Gasteiger partial charge in [-0.1, -0.05) is 48.5 Å². The summed E-state index contributed by atoms with van der Waals surface area (Å²) in [5, 5.41) is 11.5. The van der Waals surface area contributed by atoms with Crippen molar-refractivity contribution in [2.75, 3.05) is 33.9 Å². The molecule has 2 aromatic rings. The van der Waals surface area contributed by atoms with Gasteiger partial charge in [-0.2, -0.15) is 0 Å². The Kier molecular flexibility index (Phi) is 6.60. The summed E-state index contributed by atoms with van der Waals surface area (Å²) in [6, 6.07) is 16.0. The molecule has 0 fully saturated rings. The monoisotopic (exact) mass is 426 g/mol. The number of rotatable bonds is 8. The first-order chi connectivity index (χ1) is 14.8. The highest BCUT2D eigenvalue weighted by Gasteiger charge is 2.39. The Morgan fingerprint density at radius 2 is 1.61 bits per heavy atom. The number of carboxylic acids is 1. The molecular formula is C23H26N2O6. The fourth-order valence-corrected chi connectivity index (χ4v) is 4.00. The molecule has 0 saturated heterocycles. The van der Waals surface area contributed by atoms with Gasteiger partial charge in [0.05, 0.1) is 6.61 Å². The molecule has 0 aliphatic heterocycles. The number of aliphatic carboxylic acids is 1. The molecule has 8 nitrogen and oxygen atoms in total. The van der Waals surface area contributed by atoms with Gasteiger partial charge < -0.3 is 24.8 Å². The minimum absolute atomic E-state index is 0.0993. The van der Waals surface area contributed by atoms with Crippen molar-refractivity contribution in [2.24, 2.45) is 0 Å². The molecule has 0 spiro atoms. The fourth-order valence-electron chi connectivity index (χ4n) is 4.00. The third-order valence-corrected chi connectivity index (χ3v) is 5.35. The van der Waals surface area contributed by atoms with Gasteiger partial charge in [-0.15, -0.1) is 0 Å². The van der Waals surface area contributed by atoms with E-state index in [1.165, 1.54) is 21.1 Å². The topological polar surface area (TPSA) is 105 Å². The molecule has 3 rings (SSSR count). The molecule has 2 amide bonds. The first kappa shape index (κ1) is 22.3. The van der Waals surface area contributed by atoms with Crippen LogP contribution in [0.25, 0.3) is 11.1 Å². The summed E-state index contributed by atoms with van der Waals surface area (Å²) in [6.07, 6.45) is -0.779. The lowest BCUT2D eigenvalue weighted by atomic mass is 9.98. The number of amides is 2. The van der Waals surface area contributed by atoms with E-state index in [4.69, 9.17) is 14.6 Å². The van der Waals surface area contributed by atoms with E-state index in [1.54, 1.807) is 0 Å². The maximum absolute atomic E-state index is 12.7. The molecule has 8 heteroatoms. The van der Waals surface area contributed by atoms with Gasteiger partial charge in [0, 0.05) is 20.1 Å². The lowest BCUT2D eigenvalue weighted by Gasteiger charge is -2.32. The van der Waals surface area contributed by atoms with Crippen LogP contribution in [0.2, 0.25) is 0 Å². The van der Waals surface area contributed by atoms with E-state index in [1.807, 2.05) is 48.5 Å². The van der Waals surface area contributed by atoms with Gasteiger partial charge in [0.15, 0.2) is 0 Å². The molecule has 164 valence electrons. The smallest absolute Gasteiger partial charge is 0.408 e. The van der Waals surface area contributed by atoms with Crippen LogP contribution in [-0.2, 0) is 19.1 Å². The van der Waals surface area contributed by atoms with Gasteiger partial charge >= 0.3 is 12.1 Å². The highest BCUT2D eigenvalue weighted by atomic mass is 16.5. The average Bonchev–Trinajstić information content (AvgIpc) is 3.05. The van der Waals surface area contributed by atoms with E-state index < -0.39 is 30.1 Å². The van der Waals surface area contributed by atoms with E-state index in [0.29, 0.717) is 0 Å². The van der Waals surface area contributed by atoms with Crippen LogP contribution in [0, 0.1) is 0 Å². The van der Waals surface area contributed by atoms with Gasteiger partial charge in [0.1, 0.15) is 18.7 Å². The Labute approximate surface area is 180 Å². The first-order valence-electron chi connectivity index (χ1n) is 9.86. The number of benzene rings is 2. The summed E-state index contributed by atoms with van der Waals surface area (Å²) >= 11 is 0. The number of alkyl carbamates (subject to hydrolysis) is 1. The van der Waals surface area contributed by atoms with Gasteiger partial charge in [-0.25, -0.2) is 4.79 Å².